The summed E-state index contributed by atoms with van der Waals surface area (Å²) >= 11 is 11.6. The molecule has 0 aliphatic rings. The molecule has 110 valence electrons. The predicted octanol–water partition coefficient (Wildman–Crippen LogP) is 4.29. The zero-order chi connectivity index (χ0) is 15.4. The summed E-state index contributed by atoms with van der Waals surface area (Å²) in [6.45, 7) is -0.464. The SMILES string of the molecule is O=C(COc1cc(Cl)ccc1Cl)Nc1c(F)cccc1F. The summed E-state index contributed by atoms with van der Waals surface area (Å²) in [7, 11) is 0. The van der Waals surface area contributed by atoms with Gasteiger partial charge in [-0.25, -0.2) is 8.78 Å². The van der Waals surface area contributed by atoms with Crippen molar-refractivity contribution in [3.05, 3.63) is 58.1 Å². The summed E-state index contributed by atoms with van der Waals surface area (Å²) in [4.78, 5) is 11.6. The van der Waals surface area contributed by atoms with E-state index in [1.807, 2.05) is 0 Å². The molecule has 0 bridgehead atoms. The van der Waals surface area contributed by atoms with Gasteiger partial charge in [-0.1, -0.05) is 29.3 Å². The van der Waals surface area contributed by atoms with Crippen molar-refractivity contribution in [1.29, 1.82) is 0 Å². The van der Waals surface area contributed by atoms with E-state index in [-0.39, 0.29) is 10.8 Å². The Labute approximate surface area is 129 Å². The molecule has 0 unspecified atom stereocenters. The number of ether oxygens (including phenoxy) is 1. The molecule has 21 heavy (non-hydrogen) atoms. The van der Waals surface area contributed by atoms with Crippen LogP contribution in [0.2, 0.25) is 10.0 Å². The second-order valence-electron chi connectivity index (χ2n) is 4.01. The number of anilines is 1. The molecule has 2 aromatic rings. The standard InChI is InChI=1S/C14H9Cl2F2NO2/c15-8-4-5-9(16)12(6-8)21-7-13(20)19-14-10(17)2-1-3-11(14)18/h1-6H,7H2,(H,19,20). The molecule has 0 aromatic heterocycles. The molecule has 0 heterocycles. The first kappa shape index (κ1) is 15.5. The lowest BCUT2D eigenvalue weighted by molar-refractivity contribution is -0.118. The molecule has 0 fully saturated rings. The van der Waals surface area contributed by atoms with E-state index in [9.17, 15) is 13.6 Å². The fraction of sp³-hybridized carbons (Fsp3) is 0.0714. The van der Waals surface area contributed by atoms with E-state index in [0.29, 0.717) is 5.02 Å². The maximum absolute atomic E-state index is 13.4. The molecular formula is C14H9Cl2F2NO2. The highest BCUT2D eigenvalue weighted by Crippen LogP contribution is 2.27. The molecule has 0 aliphatic carbocycles. The molecule has 0 radical (unpaired) electrons. The minimum atomic E-state index is -0.871. The Morgan fingerprint density at radius 1 is 1.14 bits per heavy atom. The van der Waals surface area contributed by atoms with Gasteiger partial charge in [0.15, 0.2) is 6.61 Å². The number of carbonyl (C=O) groups excluding carboxylic acids is 1. The number of para-hydroxylation sites is 1. The second-order valence-corrected chi connectivity index (χ2v) is 4.85. The van der Waals surface area contributed by atoms with Crippen LogP contribution in [0.1, 0.15) is 0 Å². The number of benzene rings is 2. The number of hydrogen-bond acceptors (Lipinski definition) is 2. The van der Waals surface area contributed by atoms with E-state index < -0.39 is 29.8 Å². The minimum absolute atomic E-state index is 0.202. The van der Waals surface area contributed by atoms with Crippen molar-refractivity contribution >= 4 is 34.8 Å². The molecule has 0 aliphatic heterocycles. The summed E-state index contributed by atoms with van der Waals surface area (Å²) in [6, 6.07) is 7.77. The summed E-state index contributed by atoms with van der Waals surface area (Å²) in [5, 5.41) is 2.74. The van der Waals surface area contributed by atoms with Crippen molar-refractivity contribution in [2.75, 3.05) is 11.9 Å². The van der Waals surface area contributed by atoms with Gasteiger partial charge in [0.2, 0.25) is 0 Å². The second kappa shape index (κ2) is 6.74. The van der Waals surface area contributed by atoms with E-state index in [1.165, 1.54) is 18.2 Å². The smallest absolute Gasteiger partial charge is 0.262 e. The lowest BCUT2D eigenvalue weighted by atomic mass is 10.3. The third kappa shape index (κ3) is 4.06. The van der Waals surface area contributed by atoms with Crippen LogP contribution < -0.4 is 10.1 Å². The Morgan fingerprint density at radius 3 is 2.48 bits per heavy atom. The van der Waals surface area contributed by atoms with Gasteiger partial charge in [-0.3, -0.25) is 4.79 Å². The van der Waals surface area contributed by atoms with E-state index in [0.717, 1.165) is 12.1 Å². The number of nitrogens with one attached hydrogen (secondary N) is 1. The van der Waals surface area contributed by atoms with Crippen LogP contribution in [0.25, 0.3) is 0 Å². The molecule has 0 atom stereocenters. The number of hydrogen-bond donors (Lipinski definition) is 1. The molecular weight excluding hydrogens is 323 g/mol. The monoisotopic (exact) mass is 331 g/mol. The molecule has 1 N–H and O–H groups in total. The molecule has 7 heteroatoms. The topological polar surface area (TPSA) is 38.3 Å². The van der Waals surface area contributed by atoms with E-state index >= 15 is 0 Å². The molecule has 1 amide bonds. The lowest BCUT2D eigenvalue weighted by Gasteiger charge is -2.10. The molecule has 2 aromatic carbocycles. The molecule has 2 rings (SSSR count). The van der Waals surface area contributed by atoms with Gasteiger partial charge in [0.25, 0.3) is 5.91 Å². The first-order valence-electron chi connectivity index (χ1n) is 5.79. The number of rotatable bonds is 4. The Hall–Kier alpha value is -1.85. The fourth-order valence-corrected chi connectivity index (χ4v) is 1.86. The van der Waals surface area contributed by atoms with Crippen LogP contribution in [0.3, 0.4) is 0 Å². The Kier molecular flexibility index (Phi) is 4.98. The zero-order valence-corrected chi connectivity index (χ0v) is 12.0. The molecule has 3 nitrogen and oxygen atoms in total. The normalized spacial score (nSPS) is 10.3. The van der Waals surface area contributed by atoms with Crippen LogP contribution in [-0.4, -0.2) is 12.5 Å². The van der Waals surface area contributed by atoms with Crippen molar-refractivity contribution in [1.82, 2.24) is 0 Å². The van der Waals surface area contributed by atoms with Crippen LogP contribution in [0, 0.1) is 11.6 Å². The van der Waals surface area contributed by atoms with E-state index in [2.05, 4.69) is 5.32 Å². The van der Waals surface area contributed by atoms with Crippen molar-refractivity contribution < 1.29 is 18.3 Å². The minimum Gasteiger partial charge on any atom is -0.482 e. The molecule has 0 spiro atoms. The summed E-state index contributed by atoms with van der Waals surface area (Å²) in [6.07, 6.45) is 0. The molecule has 0 saturated heterocycles. The average Bonchev–Trinajstić information content (AvgIpc) is 2.44. The van der Waals surface area contributed by atoms with Gasteiger partial charge in [-0.15, -0.1) is 0 Å². The van der Waals surface area contributed by atoms with Gasteiger partial charge in [-0.05, 0) is 24.3 Å². The Bertz CT molecular complexity index is 660. The van der Waals surface area contributed by atoms with Crippen LogP contribution in [-0.2, 0) is 4.79 Å². The highest BCUT2D eigenvalue weighted by atomic mass is 35.5. The highest BCUT2D eigenvalue weighted by Gasteiger charge is 2.13. The third-order valence-electron chi connectivity index (χ3n) is 2.48. The van der Waals surface area contributed by atoms with E-state index in [1.54, 1.807) is 6.07 Å². The Morgan fingerprint density at radius 2 is 1.81 bits per heavy atom. The highest BCUT2D eigenvalue weighted by molar-refractivity contribution is 6.34. The first-order valence-corrected chi connectivity index (χ1v) is 6.54. The quantitative estimate of drug-likeness (QED) is 0.907. The summed E-state index contributed by atoms with van der Waals surface area (Å²) < 4.78 is 31.9. The van der Waals surface area contributed by atoms with Gasteiger partial charge in [-0.2, -0.15) is 0 Å². The van der Waals surface area contributed by atoms with E-state index in [4.69, 9.17) is 27.9 Å². The predicted molar refractivity (Wildman–Crippen MR) is 76.9 cm³/mol. The van der Waals surface area contributed by atoms with Crippen LogP contribution in [0.5, 0.6) is 5.75 Å². The van der Waals surface area contributed by atoms with Gasteiger partial charge < -0.3 is 10.1 Å². The first-order chi connectivity index (χ1) is 9.97. The van der Waals surface area contributed by atoms with Crippen LogP contribution >= 0.6 is 23.2 Å². The average molecular weight is 332 g/mol. The van der Waals surface area contributed by atoms with Gasteiger partial charge in [0.05, 0.1) is 5.02 Å². The van der Waals surface area contributed by atoms with Crippen molar-refractivity contribution in [3.8, 4) is 5.75 Å². The van der Waals surface area contributed by atoms with Crippen molar-refractivity contribution in [2.24, 2.45) is 0 Å². The van der Waals surface area contributed by atoms with Crippen LogP contribution in [0.4, 0.5) is 14.5 Å². The summed E-state index contributed by atoms with van der Waals surface area (Å²) in [5.74, 6) is -2.27. The lowest BCUT2D eigenvalue weighted by Crippen LogP contribution is -2.21. The van der Waals surface area contributed by atoms with Gasteiger partial charge in [0.1, 0.15) is 23.1 Å². The van der Waals surface area contributed by atoms with Crippen molar-refractivity contribution in [2.45, 2.75) is 0 Å². The fourth-order valence-electron chi connectivity index (χ4n) is 1.52. The maximum Gasteiger partial charge on any atom is 0.262 e. The largest absolute Gasteiger partial charge is 0.482 e. The summed E-state index contributed by atoms with van der Waals surface area (Å²) in [5.41, 5.74) is -0.525. The maximum atomic E-state index is 13.4. The van der Waals surface area contributed by atoms with Gasteiger partial charge >= 0.3 is 0 Å². The zero-order valence-electron chi connectivity index (χ0n) is 10.5. The van der Waals surface area contributed by atoms with Crippen molar-refractivity contribution in [3.63, 3.8) is 0 Å². The van der Waals surface area contributed by atoms with Gasteiger partial charge in [0, 0.05) is 11.1 Å². The third-order valence-corrected chi connectivity index (χ3v) is 3.03. The number of halogens is 4. The number of amides is 1. The Balaban J connectivity index is 2.01. The van der Waals surface area contributed by atoms with Crippen LogP contribution in [0.15, 0.2) is 36.4 Å². The molecule has 0 saturated carbocycles. The number of carbonyl (C=O) groups is 1.